The predicted molar refractivity (Wildman–Crippen MR) is 80.5 cm³/mol. The van der Waals surface area contributed by atoms with Crippen LogP contribution in [0.5, 0.6) is 0 Å². The normalized spacial score (nSPS) is 12.5. The molecule has 6 nitrogen and oxygen atoms in total. The Hall–Kier alpha value is -1.44. The van der Waals surface area contributed by atoms with E-state index in [9.17, 15) is 18.3 Å². The molecule has 0 spiro atoms. The van der Waals surface area contributed by atoms with Gasteiger partial charge in [-0.15, -0.1) is 0 Å². The summed E-state index contributed by atoms with van der Waals surface area (Å²) in [5.74, 6) is -0.363. The van der Waals surface area contributed by atoms with Crippen LogP contribution in [-0.4, -0.2) is 37.6 Å². The van der Waals surface area contributed by atoms with E-state index >= 15 is 0 Å². The first-order valence-corrected chi connectivity index (χ1v) is 8.12. The molecule has 0 heterocycles. The van der Waals surface area contributed by atoms with Gasteiger partial charge in [-0.25, -0.2) is 13.1 Å². The number of benzene rings is 1. The number of nitrogens with one attached hydrogen (secondary N) is 2. The molecule has 1 aromatic carbocycles. The number of aliphatic hydroxyl groups is 1. The van der Waals surface area contributed by atoms with Gasteiger partial charge < -0.3 is 10.4 Å². The zero-order valence-electron chi connectivity index (χ0n) is 12.7. The molecular weight excluding hydrogens is 292 g/mol. The van der Waals surface area contributed by atoms with Gasteiger partial charge in [-0.1, -0.05) is 0 Å². The Labute approximate surface area is 125 Å². The lowest BCUT2D eigenvalue weighted by atomic mass is 10.1. The highest BCUT2D eigenvalue weighted by Crippen LogP contribution is 2.11. The molecule has 7 heteroatoms. The van der Waals surface area contributed by atoms with Gasteiger partial charge in [-0.2, -0.15) is 0 Å². The highest BCUT2D eigenvalue weighted by atomic mass is 32.2. The number of hydrogen-bond acceptors (Lipinski definition) is 4. The molecule has 1 rings (SSSR count). The van der Waals surface area contributed by atoms with Crippen LogP contribution < -0.4 is 10.0 Å². The Morgan fingerprint density at radius 2 is 1.76 bits per heavy atom. The maximum Gasteiger partial charge on any atom is 0.251 e. The lowest BCUT2D eigenvalue weighted by Gasteiger charge is -2.17. The molecule has 0 aliphatic carbocycles. The number of rotatable bonds is 6. The lowest BCUT2D eigenvalue weighted by molar-refractivity contribution is 0.0694. The van der Waals surface area contributed by atoms with Crippen molar-refractivity contribution in [3.05, 3.63) is 29.8 Å². The van der Waals surface area contributed by atoms with Crippen LogP contribution in [-0.2, 0) is 10.0 Å². The van der Waals surface area contributed by atoms with Crippen LogP contribution in [0.2, 0.25) is 0 Å². The summed E-state index contributed by atoms with van der Waals surface area (Å²) in [7, 11) is -3.56. The van der Waals surface area contributed by atoms with Gasteiger partial charge in [-0.3, -0.25) is 4.79 Å². The van der Waals surface area contributed by atoms with Gasteiger partial charge in [0.25, 0.3) is 5.91 Å². The summed E-state index contributed by atoms with van der Waals surface area (Å²) >= 11 is 0. The van der Waals surface area contributed by atoms with Crippen LogP contribution in [0.25, 0.3) is 0 Å². The monoisotopic (exact) mass is 314 g/mol. The molecule has 0 saturated carbocycles. The SMILES string of the molecule is CC(C)NS(=O)(=O)c1ccc(C(=O)NCC(C)(C)O)cc1. The summed E-state index contributed by atoms with van der Waals surface area (Å²) in [4.78, 5) is 11.9. The van der Waals surface area contributed by atoms with Crippen LogP contribution in [0.15, 0.2) is 29.2 Å². The van der Waals surface area contributed by atoms with Crippen LogP contribution in [0, 0.1) is 0 Å². The Morgan fingerprint density at radius 3 is 2.19 bits per heavy atom. The third-order valence-corrected chi connectivity index (χ3v) is 4.17. The Bertz CT molecular complexity index is 586. The maximum absolute atomic E-state index is 11.9. The van der Waals surface area contributed by atoms with Crippen LogP contribution in [0.3, 0.4) is 0 Å². The van der Waals surface area contributed by atoms with Crippen LogP contribution in [0.4, 0.5) is 0 Å². The minimum atomic E-state index is -3.56. The smallest absolute Gasteiger partial charge is 0.251 e. The molecule has 0 radical (unpaired) electrons. The van der Waals surface area contributed by atoms with Crippen molar-refractivity contribution in [2.75, 3.05) is 6.54 Å². The molecule has 0 aliphatic rings. The summed E-state index contributed by atoms with van der Waals surface area (Å²) in [6.07, 6.45) is 0. The fourth-order valence-corrected chi connectivity index (χ4v) is 2.81. The van der Waals surface area contributed by atoms with Crippen molar-refractivity contribution in [1.29, 1.82) is 0 Å². The second-order valence-electron chi connectivity index (χ2n) is 5.80. The van der Waals surface area contributed by atoms with E-state index in [-0.39, 0.29) is 23.4 Å². The predicted octanol–water partition coefficient (Wildman–Crippen LogP) is 0.874. The van der Waals surface area contributed by atoms with Crippen LogP contribution in [0.1, 0.15) is 38.1 Å². The topological polar surface area (TPSA) is 95.5 Å². The van der Waals surface area contributed by atoms with Gasteiger partial charge in [0.1, 0.15) is 0 Å². The zero-order valence-corrected chi connectivity index (χ0v) is 13.5. The largest absolute Gasteiger partial charge is 0.389 e. The van der Waals surface area contributed by atoms with E-state index in [0.717, 1.165) is 0 Å². The summed E-state index contributed by atoms with van der Waals surface area (Å²) < 4.78 is 26.3. The molecule has 0 saturated heterocycles. The highest BCUT2D eigenvalue weighted by Gasteiger charge is 2.17. The number of carbonyl (C=O) groups excluding carboxylic acids is 1. The van der Waals surface area contributed by atoms with Gasteiger partial charge >= 0.3 is 0 Å². The van der Waals surface area contributed by atoms with Gasteiger partial charge in [-0.05, 0) is 52.0 Å². The highest BCUT2D eigenvalue weighted by molar-refractivity contribution is 7.89. The average Bonchev–Trinajstić information content (AvgIpc) is 2.33. The summed E-state index contributed by atoms with van der Waals surface area (Å²) in [6.45, 7) is 6.74. The van der Waals surface area contributed by atoms with Crippen molar-refractivity contribution < 1.29 is 18.3 Å². The number of amides is 1. The number of hydrogen-bond donors (Lipinski definition) is 3. The molecule has 1 amide bonds. The van der Waals surface area contributed by atoms with E-state index in [1.54, 1.807) is 27.7 Å². The molecule has 0 aromatic heterocycles. The van der Waals surface area contributed by atoms with E-state index in [1.807, 2.05) is 0 Å². The second-order valence-corrected chi connectivity index (χ2v) is 7.51. The Morgan fingerprint density at radius 1 is 1.24 bits per heavy atom. The maximum atomic E-state index is 11.9. The average molecular weight is 314 g/mol. The fraction of sp³-hybridized carbons (Fsp3) is 0.500. The molecule has 3 N–H and O–H groups in total. The fourth-order valence-electron chi connectivity index (χ4n) is 1.56. The first kappa shape index (κ1) is 17.6. The van der Waals surface area contributed by atoms with Crippen molar-refractivity contribution in [1.82, 2.24) is 10.0 Å². The quantitative estimate of drug-likeness (QED) is 0.726. The third kappa shape index (κ3) is 5.82. The molecule has 0 bridgehead atoms. The van der Waals surface area contributed by atoms with E-state index in [4.69, 9.17) is 0 Å². The van der Waals surface area contributed by atoms with E-state index in [1.165, 1.54) is 24.3 Å². The number of carbonyl (C=O) groups is 1. The van der Waals surface area contributed by atoms with Gasteiger partial charge in [0, 0.05) is 18.2 Å². The first-order chi connectivity index (χ1) is 9.51. The molecular formula is C14H22N2O4S. The molecule has 118 valence electrons. The molecule has 0 aliphatic heterocycles. The molecule has 0 fully saturated rings. The Balaban J connectivity index is 2.81. The second kappa shape index (κ2) is 6.55. The minimum absolute atomic E-state index is 0.107. The summed E-state index contributed by atoms with van der Waals surface area (Å²) in [6, 6.07) is 5.43. The van der Waals surface area contributed by atoms with Crippen LogP contribution >= 0.6 is 0 Å². The lowest BCUT2D eigenvalue weighted by Crippen LogP contribution is -2.38. The van der Waals surface area contributed by atoms with Gasteiger partial charge in [0.2, 0.25) is 10.0 Å². The van der Waals surface area contributed by atoms with Gasteiger partial charge in [0.05, 0.1) is 10.5 Å². The molecule has 0 unspecified atom stereocenters. The molecule has 0 atom stereocenters. The summed E-state index contributed by atoms with van der Waals surface area (Å²) in [5, 5.41) is 12.1. The number of sulfonamides is 1. The standard InChI is InChI=1S/C14H22N2O4S/c1-10(2)16-21(19,20)12-7-5-11(6-8-12)13(17)15-9-14(3,4)18/h5-8,10,16,18H,9H2,1-4H3,(H,15,17). The summed E-state index contributed by atoms with van der Waals surface area (Å²) in [5.41, 5.74) is -0.664. The van der Waals surface area contributed by atoms with Crippen molar-refractivity contribution in [3.63, 3.8) is 0 Å². The van der Waals surface area contributed by atoms with E-state index in [0.29, 0.717) is 5.56 Å². The first-order valence-electron chi connectivity index (χ1n) is 6.64. The van der Waals surface area contributed by atoms with Crippen molar-refractivity contribution in [2.24, 2.45) is 0 Å². The van der Waals surface area contributed by atoms with Crippen molar-refractivity contribution in [3.8, 4) is 0 Å². The van der Waals surface area contributed by atoms with Gasteiger partial charge in [0.15, 0.2) is 0 Å². The third-order valence-electron chi connectivity index (χ3n) is 2.50. The van der Waals surface area contributed by atoms with Crippen molar-refractivity contribution >= 4 is 15.9 Å². The van der Waals surface area contributed by atoms with E-state index < -0.39 is 15.6 Å². The minimum Gasteiger partial charge on any atom is -0.389 e. The molecule has 1 aromatic rings. The zero-order chi connectivity index (χ0) is 16.3. The van der Waals surface area contributed by atoms with Crippen molar-refractivity contribution in [2.45, 2.75) is 44.2 Å². The molecule has 21 heavy (non-hydrogen) atoms. The Kier molecular flexibility index (Phi) is 5.49. The van der Waals surface area contributed by atoms with E-state index in [2.05, 4.69) is 10.0 Å².